The monoisotopic (exact) mass is 384 g/mol. The van der Waals surface area contributed by atoms with E-state index in [0.717, 1.165) is 0 Å². The zero-order valence-corrected chi connectivity index (χ0v) is 15.1. The molecule has 2 aliphatic heterocycles. The fourth-order valence-corrected chi connectivity index (χ4v) is 3.63. The standard InChI is InChI=1S/C20H20N2O6/c21-7-5-15(13-3-1-9-23-13)27-17-11-25-20-18(12-26-19(17)20)28-16(6-8-22)14-4-2-10-24-14/h1-4,9-10,15-20H,5-6,11-12H2/t15?,16?,17-,18-,19?,20?/m0/s1. The molecule has 28 heavy (non-hydrogen) atoms. The summed E-state index contributed by atoms with van der Waals surface area (Å²) in [6.45, 7) is 0.670. The van der Waals surface area contributed by atoms with Crippen molar-refractivity contribution < 1.29 is 27.8 Å². The molecule has 2 aliphatic rings. The van der Waals surface area contributed by atoms with Gasteiger partial charge in [0.1, 0.15) is 48.1 Å². The summed E-state index contributed by atoms with van der Waals surface area (Å²) < 4.78 is 34.7. The summed E-state index contributed by atoms with van der Waals surface area (Å²) in [6, 6.07) is 11.3. The summed E-state index contributed by atoms with van der Waals surface area (Å²) in [5.74, 6) is 1.20. The molecule has 4 unspecified atom stereocenters. The van der Waals surface area contributed by atoms with Gasteiger partial charge in [0.25, 0.3) is 0 Å². The van der Waals surface area contributed by atoms with Crippen LogP contribution in [0.4, 0.5) is 0 Å². The molecule has 0 saturated carbocycles. The van der Waals surface area contributed by atoms with Gasteiger partial charge >= 0.3 is 0 Å². The second-order valence-corrected chi connectivity index (χ2v) is 6.68. The molecule has 2 aromatic heterocycles. The summed E-state index contributed by atoms with van der Waals surface area (Å²) >= 11 is 0. The predicted molar refractivity (Wildman–Crippen MR) is 92.6 cm³/mol. The third-order valence-corrected chi connectivity index (χ3v) is 4.92. The summed E-state index contributed by atoms with van der Waals surface area (Å²) in [5.41, 5.74) is 0. The average molecular weight is 384 g/mol. The Morgan fingerprint density at radius 1 is 0.857 bits per heavy atom. The first-order valence-electron chi connectivity index (χ1n) is 9.15. The summed E-state index contributed by atoms with van der Waals surface area (Å²) in [6.07, 6.45) is 1.21. The van der Waals surface area contributed by atoms with E-state index in [2.05, 4.69) is 12.1 Å². The number of nitrogens with zero attached hydrogens (tertiary/aromatic N) is 2. The summed E-state index contributed by atoms with van der Waals surface area (Å²) in [4.78, 5) is 0. The van der Waals surface area contributed by atoms with E-state index in [4.69, 9.17) is 38.3 Å². The van der Waals surface area contributed by atoms with Crippen LogP contribution in [0.5, 0.6) is 0 Å². The van der Waals surface area contributed by atoms with Gasteiger partial charge in [0.05, 0.1) is 50.7 Å². The molecule has 6 atom stereocenters. The van der Waals surface area contributed by atoms with Crippen LogP contribution in [0.1, 0.15) is 36.6 Å². The van der Waals surface area contributed by atoms with E-state index in [1.807, 2.05) is 0 Å². The number of ether oxygens (including phenoxy) is 4. The molecule has 8 nitrogen and oxygen atoms in total. The van der Waals surface area contributed by atoms with Crippen LogP contribution < -0.4 is 0 Å². The normalized spacial score (nSPS) is 28.4. The van der Waals surface area contributed by atoms with E-state index < -0.39 is 12.2 Å². The molecule has 4 rings (SSSR count). The van der Waals surface area contributed by atoms with Crippen molar-refractivity contribution in [2.75, 3.05) is 13.2 Å². The molecule has 0 spiro atoms. The second kappa shape index (κ2) is 8.59. The molecular formula is C20H20N2O6. The molecule has 146 valence electrons. The Hall–Kier alpha value is -2.62. The highest BCUT2D eigenvalue weighted by atomic mass is 16.6. The quantitative estimate of drug-likeness (QED) is 0.683. The summed E-state index contributed by atoms with van der Waals surface area (Å²) in [7, 11) is 0. The highest BCUT2D eigenvalue weighted by molar-refractivity contribution is 5.07. The highest BCUT2D eigenvalue weighted by Crippen LogP contribution is 2.36. The minimum atomic E-state index is -0.481. The lowest BCUT2D eigenvalue weighted by atomic mass is 10.1. The van der Waals surface area contributed by atoms with Crippen LogP contribution >= 0.6 is 0 Å². The van der Waals surface area contributed by atoms with Crippen molar-refractivity contribution in [2.24, 2.45) is 0 Å². The van der Waals surface area contributed by atoms with Crippen molar-refractivity contribution in [3.8, 4) is 12.1 Å². The van der Waals surface area contributed by atoms with Crippen LogP contribution in [0, 0.1) is 22.7 Å². The predicted octanol–water partition coefficient (Wildman–Crippen LogP) is 3.05. The van der Waals surface area contributed by atoms with Crippen molar-refractivity contribution in [1.29, 1.82) is 10.5 Å². The molecule has 4 heterocycles. The minimum Gasteiger partial charge on any atom is -0.467 e. The number of nitriles is 2. The SMILES string of the molecule is N#CCC(O[C@H]1COC2C1OC[C@@H]2OC(CC#N)c1ccco1)c1ccco1. The van der Waals surface area contributed by atoms with Gasteiger partial charge in [-0.25, -0.2) is 0 Å². The fourth-order valence-electron chi connectivity index (χ4n) is 3.63. The molecular weight excluding hydrogens is 364 g/mol. The van der Waals surface area contributed by atoms with Gasteiger partial charge in [-0.15, -0.1) is 0 Å². The van der Waals surface area contributed by atoms with Crippen molar-refractivity contribution in [3.05, 3.63) is 48.3 Å². The van der Waals surface area contributed by atoms with Gasteiger partial charge in [-0.2, -0.15) is 10.5 Å². The van der Waals surface area contributed by atoms with Crippen molar-refractivity contribution >= 4 is 0 Å². The van der Waals surface area contributed by atoms with Crippen LogP contribution in [0.2, 0.25) is 0 Å². The van der Waals surface area contributed by atoms with E-state index in [9.17, 15) is 0 Å². The average Bonchev–Trinajstić information content (AvgIpc) is 3.48. The Morgan fingerprint density at radius 3 is 1.68 bits per heavy atom. The lowest BCUT2D eigenvalue weighted by molar-refractivity contribution is -0.0923. The van der Waals surface area contributed by atoms with Crippen LogP contribution in [0.25, 0.3) is 0 Å². The molecule has 0 bridgehead atoms. The molecule has 2 saturated heterocycles. The molecule has 0 aliphatic carbocycles. The van der Waals surface area contributed by atoms with E-state index >= 15 is 0 Å². The van der Waals surface area contributed by atoms with Crippen LogP contribution in [0.3, 0.4) is 0 Å². The Kier molecular flexibility index (Phi) is 5.75. The maximum Gasteiger partial charge on any atom is 0.133 e. The van der Waals surface area contributed by atoms with E-state index in [1.165, 1.54) is 0 Å². The van der Waals surface area contributed by atoms with Gasteiger partial charge in [0.15, 0.2) is 0 Å². The fraction of sp³-hybridized carbons (Fsp3) is 0.500. The van der Waals surface area contributed by atoms with Gasteiger partial charge in [-0.1, -0.05) is 0 Å². The largest absolute Gasteiger partial charge is 0.467 e. The second-order valence-electron chi connectivity index (χ2n) is 6.68. The lowest BCUT2D eigenvalue weighted by Gasteiger charge is -2.22. The summed E-state index contributed by atoms with van der Waals surface area (Å²) in [5, 5.41) is 18.2. The highest BCUT2D eigenvalue weighted by Gasteiger charge is 2.50. The van der Waals surface area contributed by atoms with Gasteiger partial charge in [-0.3, -0.25) is 0 Å². The van der Waals surface area contributed by atoms with Crippen LogP contribution in [-0.2, 0) is 18.9 Å². The van der Waals surface area contributed by atoms with Crippen LogP contribution in [-0.4, -0.2) is 37.6 Å². The molecule has 0 N–H and O–H groups in total. The number of rotatable bonds is 8. The lowest BCUT2D eigenvalue weighted by Crippen LogP contribution is -2.35. The number of furan rings is 2. The zero-order chi connectivity index (χ0) is 19.3. The Morgan fingerprint density at radius 2 is 1.32 bits per heavy atom. The van der Waals surface area contributed by atoms with Gasteiger partial charge < -0.3 is 27.8 Å². The van der Waals surface area contributed by atoms with Gasteiger partial charge in [0.2, 0.25) is 0 Å². The maximum absolute atomic E-state index is 9.09. The molecule has 2 fully saturated rings. The van der Waals surface area contributed by atoms with E-state index in [0.29, 0.717) is 24.7 Å². The minimum absolute atomic E-state index is 0.171. The topological polar surface area (TPSA) is 111 Å². The first-order valence-corrected chi connectivity index (χ1v) is 9.15. The molecule has 8 heteroatoms. The third-order valence-electron chi connectivity index (χ3n) is 4.92. The van der Waals surface area contributed by atoms with Gasteiger partial charge in [0, 0.05) is 0 Å². The first kappa shape index (κ1) is 18.7. The zero-order valence-electron chi connectivity index (χ0n) is 15.1. The smallest absolute Gasteiger partial charge is 0.133 e. The first-order chi connectivity index (χ1) is 13.8. The van der Waals surface area contributed by atoms with E-state index in [-0.39, 0.29) is 37.3 Å². The molecule has 2 aromatic rings. The Bertz CT molecular complexity index is 752. The van der Waals surface area contributed by atoms with Crippen molar-refractivity contribution in [1.82, 2.24) is 0 Å². The number of fused-ring (bicyclic) bond motifs is 1. The van der Waals surface area contributed by atoms with E-state index in [1.54, 1.807) is 36.8 Å². The van der Waals surface area contributed by atoms with Gasteiger partial charge in [-0.05, 0) is 24.3 Å². The Labute approximate surface area is 162 Å². The molecule has 0 radical (unpaired) electrons. The van der Waals surface area contributed by atoms with Crippen molar-refractivity contribution in [2.45, 2.75) is 49.5 Å². The van der Waals surface area contributed by atoms with Crippen LogP contribution in [0.15, 0.2) is 45.6 Å². The molecule has 0 aromatic carbocycles. The maximum atomic E-state index is 9.09. The van der Waals surface area contributed by atoms with Crippen molar-refractivity contribution in [3.63, 3.8) is 0 Å². The Balaban J connectivity index is 1.40. The molecule has 0 amide bonds. The number of hydrogen-bond acceptors (Lipinski definition) is 8. The third kappa shape index (κ3) is 3.82. The number of hydrogen-bond donors (Lipinski definition) is 0.